The fourth-order valence-electron chi connectivity index (χ4n) is 0.583. The summed E-state index contributed by atoms with van der Waals surface area (Å²) in [6.45, 7) is 0.165. The normalized spacial score (nSPS) is 8.58. The monoisotopic (exact) mass is 169 g/mol. The molecule has 0 saturated heterocycles. The number of carbonyl (C=O) groups is 2. The van der Waals surface area contributed by atoms with E-state index in [4.69, 9.17) is 11.5 Å². The minimum absolute atomic E-state index is 0.0538. The Morgan fingerprint density at radius 3 is 2.58 bits per heavy atom. The largest absolute Gasteiger partial charge is 0.481 e. The van der Waals surface area contributed by atoms with E-state index in [0.717, 1.165) is 0 Å². The lowest BCUT2D eigenvalue weighted by atomic mass is 10.3. The van der Waals surface area contributed by atoms with Gasteiger partial charge >= 0.3 is 5.97 Å². The number of aliphatic carboxylic acids is 1. The maximum atomic E-state index is 10.8. The molecule has 1 amide bonds. The van der Waals surface area contributed by atoms with Gasteiger partial charge in [-0.1, -0.05) is 0 Å². The lowest BCUT2D eigenvalue weighted by molar-refractivity contribution is -0.136. The van der Waals surface area contributed by atoms with Crippen molar-refractivity contribution in [3.63, 3.8) is 0 Å². The zero-order chi connectivity index (χ0) is 9.40. The van der Waals surface area contributed by atoms with Crippen LogP contribution < -0.4 is 5.32 Å². The van der Waals surface area contributed by atoms with Crippen LogP contribution in [0.3, 0.4) is 0 Å². The predicted octanol–water partition coefficient (Wildman–Crippen LogP) is -0.00930. The standard InChI is InChI=1S/C8H11NO3/c1-2-3-4-7(10)9-6-5-8(11)12/h1H,3-6H2,(H,9,10)(H,11,12). The van der Waals surface area contributed by atoms with Crippen molar-refractivity contribution in [1.82, 2.24) is 5.32 Å². The van der Waals surface area contributed by atoms with E-state index in [1.54, 1.807) is 0 Å². The molecule has 66 valence electrons. The minimum Gasteiger partial charge on any atom is -0.481 e. The Balaban J connectivity index is 3.33. The van der Waals surface area contributed by atoms with E-state index >= 15 is 0 Å². The van der Waals surface area contributed by atoms with Crippen molar-refractivity contribution in [2.45, 2.75) is 19.3 Å². The molecule has 0 bridgehead atoms. The first-order chi connectivity index (χ1) is 5.66. The highest BCUT2D eigenvalue weighted by Gasteiger charge is 2.00. The zero-order valence-electron chi connectivity index (χ0n) is 6.67. The first-order valence-electron chi connectivity index (χ1n) is 3.58. The molecule has 0 spiro atoms. The number of hydrogen-bond donors (Lipinski definition) is 2. The van der Waals surface area contributed by atoms with E-state index in [1.807, 2.05) is 0 Å². The summed E-state index contributed by atoms with van der Waals surface area (Å²) in [4.78, 5) is 20.8. The van der Waals surface area contributed by atoms with Crippen molar-refractivity contribution in [3.05, 3.63) is 0 Å². The Hall–Kier alpha value is -1.50. The van der Waals surface area contributed by atoms with Gasteiger partial charge in [0.15, 0.2) is 0 Å². The zero-order valence-corrected chi connectivity index (χ0v) is 6.67. The SMILES string of the molecule is C#CCCC(=O)NCCC(=O)O. The summed E-state index contributed by atoms with van der Waals surface area (Å²) in [5.41, 5.74) is 0. The van der Waals surface area contributed by atoms with Crippen LogP contribution in [0.15, 0.2) is 0 Å². The van der Waals surface area contributed by atoms with Gasteiger partial charge in [-0.3, -0.25) is 9.59 Å². The van der Waals surface area contributed by atoms with E-state index in [-0.39, 0.29) is 25.3 Å². The van der Waals surface area contributed by atoms with Gasteiger partial charge in [0, 0.05) is 19.4 Å². The van der Waals surface area contributed by atoms with Crippen molar-refractivity contribution >= 4 is 11.9 Å². The summed E-state index contributed by atoms with van der Waals surface area (Å²) in [6, 6.07) is 0. The third-order valence-electron chi connectivity index (χ3n) is 1.16. The average Bonchev–Trinajstić information content (AvgIpc) is 2.00. The molecule has 12 heavy (non-hydrogen) atoms. The summed E-state index contributed by atoms with van der Waals surface area (Å²) in [6.07, 6.45) is 5.52. The van der Waals surface area contributed by atoms with Gasteiger partial charge in [0.2, 0.25) is 5.91 Å². The number of carbonyl (C=O) groups excluding carboxylic acids is 1. The number of nitrogens with one attached hydrogen (secondary N) is 1. The number of hydrogen-bond acceptors (Lipinski definition) is 2. The molecule has 0 rings (SSSR count). The molecule has 0 aliphatic rings. The second-order valence-corrected chi connectivity index (χ2v) is 2.20. The van der Waals surface area contributed by atoms with E-state index in [0.29, 0.717) is 6.42 Å². The number of rotatable bonds is 5. The average molecular weight is 169 g/mol. The molecule has 2 N–H and O–H groups in total. The Labute approximate surface area is 71.0 Å². The highest BCUT2D eigenvalue weighted by molar-refractivity contribution is 5.76. The molecule has 0 aromatic carbocycles. The molecule has 4 heteroatoms. The van der Waals surface area contributed by atoms with Gasteiger partial charge in [-0.05, 0) is 0 Å². The van der Waals surface area contributed by atoms with Gasteiger partial charge in [0.05, 0.1) is 6.42 Å². The van der Waals surface area contributed by atoms with E-state index in [9.17, 15) is 9.59 Å². The molecule has 0 unspecified atom stereocenters. The van der Waals surface area contributed by atoms with Crippen LogP contribution in [0.4, 0.5) is 0 Å². The van der Waals surface area contributed by atoms with Crippen molar-refractivity contribution in [2.75, 3.05) is 6.54 Å². The van der Waals surface area contributed by atoms with Crippen LogP contribution in [0.2, 0.25) is 0 Å². The number of amides is 1. The summed E-state index contributed by atoms with van der Waals surface area (Å²) >= 11 is 0. The van der Waals surface area contributed by atoms with Crippen LogP contribution >= 0.6 is 0 Å². The maximum absolute atomic E-state index is 10.8. The first-order valence-corrected chi connectivity index (χ1v) is 3.58. The Morgan fingerprint density at radius 1 is 1.42 bits per heavy atom. The van der Waals surface area contributed by atoms with E-state index < -0.39 is 5.97 Å². The van der Waals surface area contributed by atoms with Crippen LogP contribution in [0.25, 0.3) is 0 Å². The van der Waals surface area contributed by atoms with Crippen LogP contribution in [0, 0.1) is 12.3 Å². The quantitative estimate of drug-likeness (QED) is 0.569. The molecule has 0 atom stereocenters. The van der Waals surface area contributed by atoms with Crippen LogP contribution in [-0.4, -0.2) is 23.5 Å². The third kappa shape index (κ3) is 6.62. The van der Waals surface area contributed by atoms with Crippen LogP contribution in [0.1, 0.15) is 19.3 Å². The first kappa shape index (κ1) is 10.5. The fourth-order valence-corrected chi connectivity index (χ4v) is 0.583. The van der Waals surface area contributed by atoms with Gasteiger partial charge in [0.1, 0.15) is 0 Å². The van der Waals surface area contributed by atoms with Gasteiger partial charge in [-0.25, -0.2) is 0 Å². The fraction of sp³-hybridized carbons (Fsp3) is 0.500. The molecular weight excluding hydrogens is 158 g/mol. The highest BCUT2D eigenvalue weighted by Crippen LogP contribution is 1.85. The number of terminal acetylenes is 1. The van der Waals surface area contributed by atoms with Gasteiger partial charge < -0.3 is 10.4 Å². The Bertz CT molecular complexity index is 205. The third-order valence-corrected chi connectivity index (χ3v) is 1.16. The van der Waals surface area contributed by atoms with Crippen molar-refractivity contribution < 1.29 is 14.7 Å². The summed E-state index contributed by atoms with van der Waals surface area (Å²) < 4.78 is 0. The van der Waals surface area contributed by atoms with Crippen molar-refractivity contribution in [2.24, 2.45) is 0 Å². The summed E-state index contributed by atoms with van der Waals surface area (Å²) in [7, 11) is 0. The Kier molecular flexibility index (Phi) is 5.45. The van der Waals surface area contributed by atoms with Crippen LogP contribution in [0.5, 0.6) is 0 Å². The van der Waals surface area contributed by atoms with Gasteiger partial charge in [0.25, 0.3) is 0 Å². The molecule has 0 aromatic rings. The van der Waals surface area contributed by atoms with Gasteiger partial charge in [-0.2, -0.15) is 0 Å². The molecule has 0 heterocycles. The molecule has 0 aromatic heterocycles. The maximum Gasteiger partial charge on any atom is 0.305 e. The summed E-state index contributed by atoms with van der Waals surface area (Å²) in [5, 5.41) is 10.7. The molecule has 0 fully saturated rings. The molecule has 4 nitrogen and oxygen atoms in total. The highest BCUT2D eigenvalue weighted by atomic mass is 16.4. The lowest BCUT2D eigenvalue weighted by Gasteiger charge is -1.99. The lowest BCUT2D eigenvalue weighted by Crippen LogP contribution is -2.25. The second-order valence-electron chi connectivity index (χ2n) is 2.20. The van der Waals surface area contributed by atoms with E-state index in [2.05, 4.69) is 11.2 Å². The molecule has 0 saturated carbocycles. The van der Waals surface area contributed by atoms with Crippen molar-refractivity contribution in [1.29, 1.82) is 0 Å². The molecule has 0 aliphatic carbocycles. The van der Waals surface area contributed by atoms with Gasteiger partial charge in [-0.15, -0.1) is 12.3 Å². The number of carboxylic acids is 1. The molecule has 0 aliphatic heterocycles. The smallest absolute Gasteiger partial charge is 0.305 e. The minimum atomic E-state index is -0.924. The molecule has 0 radical (unpaired) electrons. The predicted molar refractivity (Wildman–Crippen MR) is 43.3 cm³/mol. The second kappa shape index (κ2) is 6.23. The van der Waals surface area contributed by atoms with E-state index in [1.165, 1.54) is 0 Å². The van der Waals surface area contributed by atoms with Crippen molar-refractivity contribution in [3.8, 4) is 12.3 Å². The topological polar surface area (TPSA) is 66.4 Å². The number of carboxylic acid groups (broad SMARTS) is 1. The Morgan fingerprint density at radius 2 is 2.08 bits per heavy atom. The molecular formula is C8H11NO3. The van der Waals surface area contributed by atoms with Crippen LogP contribution in [-0.2, 0) is 9.59 Å². The summed E-state index contributed by atoms with van der Waals surface area (Å²) in [5.74, 6) is 1.20.